The molecule has 0 bridgehead atoms. The highest BCUT2D eigenvalue weighted by atomic mass is 79.9. The molecule has 9 heteroatoms. The minimum atomic E-state index is -3.99. The molecule has 2 aromatic rings. The number of rotatable bonds is 3. The Labute approximate surface area is 133 Å². The number of hydrogen-bond acceptors (Lipinski definition) is 4. The van der Waals surface area contributed by atoms with Gasteiger partial charge < -0.3 is 10.5 Å². The fraction of sp³-hybridized carbons (Fsp3) is 0. The monoisotopic (exact) mass is 394 g/mol. The lowest BCUT2D eigenvalue weighted by Gasteiger charge is -2.12. The van der Waals surface area contributed by atoms with Crippen molar-refractivity contribution in [1.82, 2.24) is 0 Å². The highest BCUT2D eigenvalue weighted by Crippen LogP contribution is 2.37. The molecule has 0 atom stereocenters. The number of primary sulfonamides is 1. The van der Waals surface area contributed by atoms with E-state index in [1.54, 1.807) is 0 Å². The molecule has 0 aliphatic rings. The van der Waals surface area contributed by atoms with Crippen LogP contribution in [0.3, 0.4) is 0 Å². The zero-order chi connectivity index (χ0) is 15.8. The van der Waals surface area contributed by atoms with Gasteiger partial charge in [0.1, 0.15) is 16.5 Å². The standard InChI is InChI=1S/C12H9BrClFN2O3S/c13-6-4-7(14)8(15)5-10(6)20-9-2-1-3-11(12(9)16)21(17,18)19/h1-5H,16H2,(H2,17,18,19). The fourth-order valence-electron chi connectivity index (χ4n) is 1.56. The smallest absolute Gasteiger partial charge is 0.240 e. The third kappa shape index (κ3) is 3.46. The number of anilines is 1. The summed E-state index contributed by atoms with van der Waals surface area (Å²) in [4.78, 5) is -0.273. The van der Waals surface area contributed by atoms with E-state index < -0.39 is 15.8 Å². The van der Waals surface area contributed by atoms with E-state index in [-0.39, 0.29) is 27.1 Å². The molecule has 0 heterocycles. The molecule has 0 amide bonds. The van der Waals surface area contributed by atoms with Crippen LogP contribution >= 0.6 is 27.5 Å². The number of benzene rings is 2. The molecule has 0 spiro atoms. The summed E-state index contributed by atoms with van der Waals surface area (Å²) in [5, 5.41) is 4.96. The van der Waals surface area contributed by atoms with Gasteiger partial charge in [-0.3, -0.25) is 0 Å². The number of halogens is 3. The summed E-state index contributed by atoms with van der Waals surface area (Å²) in [7, 11) is -3.99. The van der Waals surface area contributed by atoms with Gasteiger partial charge in [0.25, 0.3) is 0 Å². The molecule has 0 aliphatic carbocycles. The largest absolute Gasteiger partial charge is 0.454 e. The van der Waals surface area contributed by atoms with Crippen molar-refractivity contribution >= 4 is 43.2 Å². The van der Waals surface area contributed by atoms with Gasteiger partial charge in [-0.1, -0.05) is 17.7 Å². The Bertz CT molecular complexity index is 814. The summed E-state index contributed by atoms with van der Waals surface area (Å²) in [6.07, 6.45) is 0. The van der Waals surface area contributed by atoms with Gasteiger partial charge in [0.05, 0.1) is 15.2 Å². The van der Waals surface area contributed by atoms with Gasteiger partial charge >= 0.3 is 0 Å². The van der Waals surface area contributed by atoms with Gasteiger partial charge in [-0.15, -0.1) is 0 Å². The molecule has 0 aromatic heterocycles. The average Bonchev–Trinajstić information content (AvgIpc) is 2.36. The molecule has 2 rings (SSSR count). The third-order valence-corrected chi connectivity index (χ3v) is 4.41. The maximum atomic E-state index is 13.5. The second-order valence-electron chi connectivity index (χ2n) is 4.01. The van der Waals surface area contributed by atoms with Gasteiger partial charge in [-0.25, -0.2) is 17.9 Å². The first-order chi connectivity index (χ1) is 9.70. The minimum Gasteiger partial charge on any atom is -0.454 e. The van der Waals surface area contributed by atoms with Crippen LogP contribution in [-0.2, 0) is 10.0 Å². The van der Waals surface area contributed by atoms with E-state index in [4.69, 9.17) is 27.2 Å². The number of nitrogens with two attached hydrogens (primary N) is 2. The van der Waals surface area contributed by atoms with E-state index >= 15 is 0 Å². The summed E-state index contributed by atoms with van der Waals surface area (Å²) >= 11 is 8.79. The van der Waals surface area contributed by atoms with Gasteiger partial charge in [0.15, 0.2) is 5.75 Å². The van der Waals surface area contributed by atoms with Crippen molar-refractivity contribution in [2.24, 2.45) is 5.14 Å². The molecule has 0 saturated carbocycles. The van der Waals surface area contributed by atoms with Crippen molar-refractivity contribution in [3.63, 3.8) is 0 Å². The van der Waals surface area contributed by atoms with Gasteiger partial charge in [-0.05, 0) is 34.1 Å². The highest BCUT2D eigenvalue weighted by molar-refractivity contribution is 9.10. The summed E-state index contributed by atoms with van der Waals surface area (Å²) in [6, 6.07) is 6.45. The normalized spacial score (nSPS) is 11.4. The number of sulfonamides is 1. The zero-order valence-corrected chi connectivity index (χ0v) is 13.5. The van der Waals surface area contributed by atoms with Crippen LogP contribution < -0.4 is 15.6 Å². The van der Waals surface area contributed by atoms with E-state index in [0.29, 0.717) is 4.47 Å². The number of hydrogen-bond donors (Lipinski definition) is 2. The van der Waals surface area contributed by atoms with Gasteiger partial charge in [0, 0.05) is 6.07 Å². The topological polar surface area (TPSA) is 95.4 Å². The third-order valence-electron chi connectivity index (χ3n) is 2.53. The highest BCUT2D eigenvalue weighted by Gasteiger charge is 2.17. The van der Waals surface area contributed by atoms with Crippen LogP contribution in [0.1, 0.15) is 0 Å². The van der Waals surface area contributed by atoms with Gasteiger partial charge in [0.2, 0.25) is 10.0 Å². The molecule has 0 saturated heterocycles. The minimum absolute atomic E-state index is 0.0314. The van der Waals surface area contributed by atoms with Crippen LogP contribution in [0.2, 0.25) is 5.02 Å². The molecule has 4 N–H and O–H groups in total. The van der Waals surface area contributed by atoms with Crippen molar-refractivity contribution in [2.75, 3.05) is 5.73 Å². The van der Waals surface area contributed by atoms with Gasteiger partial charge in [-0.2, -0.15) is 0 Å². The van der Waals surface area contributed by atoms with Crippen molar-refractivity contribution in [2.45, 2.75) is 4.90 Å². The molecular formula is C12H9BrClFN2O3S. The van der Waals surface area contributed by atoms with Crippen LogP contribution in [0, 0.1) is 5.82 Å². The quantitative estimate of drug-likeness (QED) is 0.616. The molecule has 5 nitrogen and oxygen atoms in total. The maximum Gasteiger partial charge on any atom is 0.240 e. The van der Waals surface area contributed by atoms with Crippen molar-refractivity contribution in [1.29, 1.82) is 0 Å². The molecule has 0 aliphatic heterocycles. The van der Waals surface area contributed by atoms with E-state index in [0.717, 1.165) is 6.07 Å². The molecule has 0 unspecified atom stereocenters. The van der Waals surface area contributed by atoms with Crippen LogP contribution in [0.15, 0.2) is 39.7 Å². The number of ether oxygens (including phenoxy) is 1. The molecule has 21 heavy (non-hydrogen) atoms. The second-order valence-corrected chi connectivity index (χ2v) is 6.80. The maximum absolute atomic E-state index is 13.5. The molecular weight excluding hydrogens is 387 g/mol. The Balaban J connectivity index is 2.49. The summed E-state index contributed by atoms with van der Waals surface area (Å²) < 4.78 is 42.0. The molecule has 0 fully saturated rings. The van der Waals surface area contributed by atoms with E-state index in [2.05, 4.69) is 15.9 Å². The Morgan fingerprint density at radius 1 is 1.24 bits per heavy atom. The second kappa shape index (κ2) is 5.80. The summed E-state index contributed by atoms with van der Waals surface area (Å²) in [6.45, 7) is 0. The number of nitrogen functional groups attached to an aromatic ring is 1. The van der Waals surface area contributed by atoms with Crippen LogP contribution in [0.4, 0.5) is 10.1 Å². The average molecular weight is 396 g/mol. The Kier molecular flexibility index (Phi) is 4.43. The van der Waals surface area contributed by atoms with Crippen LogP contribution in [0.25, 0.3) is 0 Å². The fourth-order valence-corrected chi connectivity index (χ4v) is 2.96. The van der Waals surface area contributed by atoms with E-state index in [1.807, 2.05) is 0 Å². The van der Waals surface area contributed by atoms with E-state index in [9.17, 15) is 12.8 Å². The first-order valence-corrected chi connectivity index (χ1v) is 8.15. The van der Waals surface area contributed by atoms with Crippen molar-refractivity contribution in [3.8, 4) is 11.5 Å². The lowest BCUT2D eigenvalue weighted by atomic mass is 10.3. The predicted octanol–water partition coefficient (Wildman–Crippen LogP) is 3.26. The zero-order valence-electron chi connectivity index (χ0n) is 10.3. The predicted molar refractivity (Wildman–Crippen MR) is 81.4 cm³/mol. The summed E-state index contributed by atoms with van der Waals surface area (Å²) in [5.74, 6) is -0.560. The summed E-state index contributed by atoms with van der Waals surface area (Å²) in [5.41, 5.74) is 5.55. The Morgan fingerprint density at radius 2 is 1.90 bits per heavy atom. The van der Waals surface area contributed by atoms with E-state index in [1.165, 1.54) is 24.3 Å². The lowest BCUT2D eigenvalue weighted by molar-refractivity contribution is 0.474. The molecule has 2 aromatic carbocycles. The molecule has 112 valence electrons. The van der Waals surface area contributed by atoms with Crippen LogP contribution in [0.5, 0.6) is 11.5 Å². The molecule has 0 radical (unpaired) electrons. The van der Waals surface area contributed by atoms with Crippen molar-refractivity contribution < 1.29 is 17.5 Å². The van der Waals surface area contributed by atoms with Crippen LogP contribution in [-0.4, -0.2) is 8.42 Å². The first kappa shape index (κ1) is 16.0. The SMILES string of the molecule is Nc1c(Oc2cc(F)c(Cl)cc2Br)cccc1S(N)(=O)=O. The first-order valence-electron chi connectivity index (χ1n) is 5.44. The Morgan fingerprint density at radius 3 is 2.52 bits per heavy atom. The number of para-hydroxylation sites is 1. The van der Waals surface area contributed by atoms with Crippen molar-refractivity contribution in [3.05, 3.63) is 45.6 Å². The lowest BCUT2D eigenvalue weighted by Crippen LogP contribution is -2.14. The Hall–Kier alpha value is -1.35.